The Kier molecular flexibility index (Phi) is 19.0. The summed E-state index contributed by atoms with van der Waals surface area (Å²) in [5.41, 5.74) is 0. The summed E-state index contributed by atoms with van der Waals surface area (Å²) >= 11 is 0. The number of guanidine groups is 1. The second-order valence-electron chi connectivity index (χ2n) is 5.52. The minimum atomic E-state index is 0. The van der Waals surface area contributed by atoms with E-state index in [-0.39, 0.29) is 24.0 Å². The molecule has 0 bridgehead atoms. The molecule has 0 fully saturated rings. The lowest BCUT2D eigenvalue weighted by atomic mass is 10.2. The quantitative estimate of drug-likeness (QED) is 0.217. The van der Waals surface area contributed by atoms with Crippen molar-refractivity contribution in [3.8, 4) is 0 Å². The third-order valence-corrected chi connectivity index (χ3v) is 3.38. The third-order valence-electron chi connectivity index (χ3n) is 3.38. The predicted molar refractivity (Wildman–Crippen MR) is 108 cm³/mol. The van der Waals surface area contributed by atoms with Gasteiger partial charge in [0.05, 0.1) is 0 Å². The van der Waals surface area contributed by atoms with Crippen LogP contribution in [-0.2, 0) is 4.74 Å². The first kappa shape index (κ1) is 24.2. The van der Waals surface area contributed by atoms with E-state index >= 15 is 0 Å². The molecule has 0 aromatic rings. The Morgan fingerprint density at radius 1 is 1.14 bits per heavy atom. The fraction of sp³-hybridized carbons (Fsp3) is 0.938. The van der Waals surface area contributed by atoms with Gasteiger partial charge >= 0.3 is 0 Å². The molecule has 0 saturated carbocycles. The third kappa shape index (κ3) is 14.8. The van der Waals surface area contributed by atoms with Gasteiger partial charge in [0, 0.05) is 38.9 Å². The SMILES string of the molecule is CCNC(=NCCCOCC)NCCCCN(C)C(C)C.I. The van der Waals surface area contributed by atoms with Gasteiger partial charge in [-0.3, -0.25) is 4.99 Å². The van der Waals surface area contributed by atoms with Crippen molar-refractivity contribution in [2.75, 3.05) is 46.4 Å². The number of unbranched alkanes of at least 4 members (excludes halogenated alkanes) is 1. The van der Waals surface area contributed by atoms with E-state index in [1.54, 1.807) is 0 Å². The van der Waals surface area contributed by atoms with Crippen molar-refractivity contribution in [2.45, 2.75) is 53.0 Å². The molecule has 0 aliphatic rings. The highest BCUT2D eigenvalue weighted by atomic mass is 127. The minimum Gasteiger partial charge on any atom is -0.382 e. The molecular formula is C16H37IN4O. The summed E-state index contributed by atoms with van der Waals surface area (Å²) in [6.07, 6.45) is 3.36. The molecule has 0 amide bonds. The molecule has 134 valence electrons. The molecule has 0 aliphatic heterocycles. The molecule has 0 aliphatic carbocycles. The molecule has 0 rings (SSSR count). The summed E-state index contributed by atoms with van der Waals surface area (Å²) in [4.78, 5) is 6.93. The van der Waals surface area contributed by atoms with Crippen LogP contribution < -0.4 is 10.6 Å². The van der Waals surface area contributed by atoms with E-state index in [4.69, 9.17) is 4.74 Å². The van der Waals surface area contributed by atoms with Gasteiger partial charge < -0.3 is 20.3 Å². The molecular weight excluding hydrogens is 391 g/mol. The van der Waals surface area contributed by atoms with Gasteiger partial charge in [-0.15, -0.1) is 24.0 Å². The smallest absolute Gasteiger partial charge is 0.191 e. The fourth-order valence-electron chi connectivity index (χ4n) is 1.79. The Labute approximate surface area is 154 Å². The van der Waals surface area contributed by atoms with Crippen LogP contribution in [0.5, 0.6) is 0 Å². The zero-order valence-electron chi connectivity index (χ0n) is 15.2. The highest BCUT2D eigenvalue weighted by Gasteiger charge is 2.02. The van der Waals surface area contributed by atoms with Gasteiger partial charge in [0.1, 0.15) is 0 Å². The van der Waals surface area contributed by atoms with Gasteiger partial charge in [0.25, 0.3) is 0 Å². The number of nitrogens with one attached hydrogen (secondary N) is 2. The molecule has 0 spiro atoms. The Balaban J connectivity index is 0. The first-order chi connectivity index (χ1) is 10.1. The van der Waals surface area contributed by atoms with E-state index < -0.39 is 0 Å². The Morgan fingerprint density at radius 2 is 1.86 bits per heavy atom. The zero-order chi connectivity index (χ0) is 15.9. The standard InChI is InChI=1S/C16H36N4O.HI/c1-6-17-16(19-12-10-14-21-7-2)18-11-8-9-13-20(5)15(3)4;/h15H,6-14H2,1-5H3,(H2,17,18,19);1H. The van der Waals surface area contributed by atoms with Gasteiger partial charge in [0.15, 0.2) is 5.96 Å². The van der Waals surface area contributed by atoms with Crippen molar-refractivity contribution in [1.82, 2.24) is 15.5 Å². The molecule has 2 N–H and O–H groups in total. The largest absolute Gasteiger partial charge is 0.382 e. The van der Waals surface area contributed by atoms with Gasteiger partial charge in [-0.05, 0) is 60.5 Å². The molecule has 0 atom stereocenters. The van der Waals surface area contributed by atoms with Gasteiger partial charge in [0.2, 0.25) is 0 Å². The number of nitrogens with zero attached hydrogens (tertiary/aromatic N) is 2. The van der Waals surface area contributed by atoms with Crippen LogP contribution in [0.3, 0.4) is 0 Å². The van der Waals surface area contributed by atoms with Crippen LogP contribution >= 0.6 is 24.0 Å². The summed E-state index contributed by atoms with van der Waals surface area (Å²) in [7, 11) is 2.18. The summed E-state index contributed by atoms with van der Waals surface area (Å²) in [6.45, 7) is 14.0. The normalized spacial score (nSPS) is 11.7. The van der Waals surface area contributed by atoms with Crippen LogP contribution in [0.4, 0.5) is 0 Å². The van der Waals surface area contributed by atoms with E-state index in [1.807, 2.05) is 6.92 Å². The van der Waals surface area contributed by atoms with Crippen LogP contribution in [0, 0.1) is 0 Å². The van der Waals surface area contributed by atoms with Crippen LogP contribution in [0.2, 0.25) is 0 Å². The zero-order valence-corrected chi connectivity index (χ0v) is 17.5. The highest BCUT2D eigenvalue weighted by Crippen LogP contribution is 1.97. The van der Waals surface area contributed by atoms with Crippen molar-refractivity contribution >= 4 is 29.9 Å². The lowest BCUT2D eigenvalue weighted by molar-refractivity contribution is 0.146. The first-order valence-electron chi connectivity index (χ1n) is 8.41. The molecule has 0 heterocycles. The second kappa shape index (κ2) is 17.3. The Morgan fingerprint density at radius 3 is 2.45 bits per heavy atom. The average molecular weight is 428 g/mol. The maximum absolute atomic E-state index is 5.32. The van der Waals surface area contributed by atoms with Crippen molar-refractivity contribution in [2.24, 2.45) is 4.99 Å². The van der Waals surface area contributed by atoms with Gasteiger partial charge in [-0.1, -0.05) is 0 Å². The number of halogens is 1. The molecule has 6 heteroatoms. The van der Waals surface area contributed by atoms with Crippen LogP contribution in [0.1, 0.15) is 47.0 Å². The number of hydrogen-bond donors (Lipinski definition) is 2. The maximum atomic E-state index is 5.32. The number of hydrogen-bond acceptors (Lipinski definition) is 3. The topological polar surface area (TPSA) is 48.9 Å². The van der Waals surface area contributed by atoms with Crippen molar-refractivity contribution in [1.29, 1.82) is 0 Å². The Bertz CT molecular complexity index is 263. The van der Waals surface area contributed by atoms with Gasteiger partial charge in [-0.25, -0.2) is 0 Å². The van der Waals surface area contributed by atoms with E-state index in [1.165, 1.54) is 12.8 Å². The van der Waals surface area contributed by atoms with Crippen molar-refractivity contribution in [3.05, 3.63) is 0 Å². The van der Waals surface area contributed by atoms with Crippen LogP contribution in [0.25, 0.3) is 0 Å². The lowest BCUT2D eigenvalue weighted by Gasteiger charge is -2.20. The fourth-order valence-corrected chi connectivity index (χ4v) is 1.79. The number of ether oxygens (including phenoxy) is 1. The van der Waals surface area contributed by atoms with E-state index in [0.717, 1.165) is 51.8 Å². The number of aliphatic imine (C=N–C) groups is 1. The monoisotopic (exact) mass is 428 g/mol. The summed E-state index contributed by atoms with van der Waals surface area (Å²) in [5.74, 6) is 0.922. The molecule has 0 unspecified atom stereocenters. The molecule has 0 aromatic carbocycles. The first-order valence-corrected chi connectivity index (χ1v) is 8.41. The molecule has 0 saturated heterocycles. The number of rotatable bonds is 12. The van der Waals surface area contributed by atoms with E-state index in [0.29, 0.717) is 6.04 Å². The molecule has 22 heavy (non-hydrogen) atoms. The van der Waals surface area contributed by atoms with Crippen molar-refractivity contribution in [3.63, 3.8) is 0 Å². The predicted octanol–water partition coefficient (Wildman–Crippen LogP) is 2.71. The van der Waals surface area contributed by atoms with Crippen molar-refractivity contribution < 1.29 is 4.74 Å². The minimum absolute atomic E-state index is 0. The van der Waals surface area contributed by atoms with Crippen LogP contribution in [-0.4, -0.2) is 63.3 Å². The molecule has 0 radical (unpaired) electrons. The summed E-state index contributed by atoms with van der Waals surface area (Å²) in [5, 5.41) is 6.67. The Hall–Kier alpha value is -0.0800. The van der Waals surface area contributed by atoms with Gasteiger partial charge in [-0.2, -0.15) is 0 Å². The van der Waals surface area contributed by atoms with E-state index in [2.05, 4.69) is 48.3 Å². The molecule has 0 aromatic heterocycles. The van der Waals surface area contributed by atoms with Crippen LogP contribution in [0.15, 0.2) is 4.99 Å². The lowest BCUT2D eigenvalue weighted by Crippen LogP contribution is -2.38. The summed E-state index contributed by atoms with van der Waals surface area (Å²) in [6, 6.07) is 0.627. The maximum Gasteiger partial charge on any atom is 0.191 e. The average Bonchev–Trinajstić information content (AvgIpc) is 2.46. The molecule has 5 nitrogen and oxygen atoms in total. The summed E-state index contributed by atoms with van der Waals surface area (Å²) < 4.78 is 5.32. The van der Waals surface area contributed by atoms with E-state index in [9.17, 15) is 0 Å². The second-order valence-corrected chi connectivity index (χ2v) is 5.52. The highest BCUT2D eigenvalue weighted by molar-refractivity contribution is 14.0.